The zero-order chi connectivity index (χ0) is 18.1. The molecule has 132 valence electrons. The van der Waals surface area contributed by atoms with E-state index in [4.69, 9.17) is 0 Å². The first kappa shape index (κ1) is 16.9. The SMILES string of the molecule is O=C(CSc1ncnc2cc(-c3ccc(F)cc3)sc12)N1CCNC1=O. The number of fused-ring (bicyclic) bond motifs is 1. The molecule has 0 radical (unpaired) electrons. The summed E-state index contributed by atoms with van der Waals surface area (Å²) in [6, 6.07) is 7.85. The Kier molecular flexibility index (Phi) is 4.56. The number of urea groups is 1. The molecule has 0 aliphatic carbocycles. The van der Waals surface area contributed by atoms with Gasteiger partial charge >= 0.3 is 6.03 Å². The Hall–Kier alpha value is -2.52. The van der Waals surface area contributed by atoms with Crippen molar-refractivity contribution in [1.82, 2.24) is 20.2 Å². The van der Waals surface area contributed by atoms with Crippen LogP contribution in [0, 0.1) is 5.82 Å². The summed E-state index contributed by atoms with van der Waals surface area (Å²) in [6.07, 6.45) is 1.46. The Morgan fingerprint density at radius 2 is 2.12 bits per heavy atom. The van der Waals surface area contributed by atoms with E-state index in [9.17, 15) is 14.0 Å². The lowest BCUT2D eigenvalue weighted by Crippen LogP contribution is -2.35. The highest BCUT2D eigenvalue weighted by atomic mass is 32.2. The summed E-state index contributed by atoms with van der Waals surface area (Å²) < 4.78 is 14.0. The summed E-state index contributed by atoms with van der Waals surface area (Å²) in [6.45, 7) is 0.879. The van der Waals surface area contributed by atoms with Gasteiger partial charge in [-0.2, -0.15) is 0 Å². The number of thioether (sulfide) groups is 1. The number of halogens is 1. The van der Waals surface area contributed by atoms with Gasteiger partial charge in [0.2, 0.25) is 5.91 Å². The first-order valence-corrected chi connectivity index (χ1v) is 9.63. The second kappa shape index (κ2) is 7.00. The fourth-order valence-corrected chi connectivity index (χ4v) is 4.69. The molecule has 1 aliphatic rings. The Morgan fingerprint density at radius 1 is 1.31 bits per heavy atom. The molecule has 9 heteroatoms. The van der Waals surface area contributed by atoms with Gasteiger partial charge in [-0.25, -0.2) is 19.2 Å². The van der Waals surface area contributed by atoms with Crippen molar-refractivity contribution < 1.29 is 14.0 Å². The largest absolute Gasteiger partial charge is 0.336 e. The maximum absolute atomic E-state index is 13.1. The van der Waals surface area contributed by atoms with Crippen molar-refractivity contribution in [3.05, 3.63) is 42.5 Å². The van der Waals surface area contributed by atoms with Crippen LogP contribution in [0.25, 0.3) is 20.7 Å². The van der Waals surface area contributed by atoms with Gasteiger partial charge in [-0.3, -0.25) is 9.69 Å². The van der Waals surface area contributed by atoms with Crippen molar-refractivity contribution in [1.29, 1.82) is 0 Å². The molecule has 1 aliphatic heterocycles. The van der Waals surface area contributed by atoms with E-state index in [0.717, 1.165) is 20.7 Å². The fraction of sp³-hybridized carbons (Fsp3) is 0.176. The number of imide groups is 1. The van der Waals surface area contributed by atoms with E-state index in [1.807, 2.05) is 6.07 Å². The standard InChI is InChI=1S/C17H13FN4O2S2/c18-11-3-1-10(2-4-11)13-7-12-15(26-13)16(21-9-20-12)25-8-14(23)22-6-5-19-17(22)24/h1-4,7,9H,5-6,8H2,(H,19,24). The van der Waals surface area contributed by atoms with E-state index < -0.39 is 0 Å². The van der Waals surface area contributed by atoms with Crippen LogP contribution in [0.2, 0.25) is 0 Å². The molecule has 1 fully saturated rings. The van der Waals surface area contributed by atoms with E-state index in [-0.39, 0.29) is 23.5 Å². The number of hydrogen-bond donors (Lipinski definition) is 1. The minimum Gasteiger partial charge on any atom is -0.336 e. The molecule has 0 spiro atoms. The van der Waals surface area contributed by atoms with Crippen LogP contribution in [0.3, 0.4) is 0 Å². The van der Waals surface area contributed by atoms with Gasteiger partial charge in [0.1, 0.15) is 17.2 Å². The smallest absolute Gasteiger partial charge is 0.324 e. The molecular formula is C17H13FN4O2S2. The fourth-order valence-electron chi connectivity index (χ4n) is 2.61. The molecule has 1 N–H and O–H groups in total. The topological polar surface area (TPSA) is 75.2 Å². The van der Waals surface area contributed by atoms with E-state index in [2.05, 4.69) is 15.3 Å². The van der Waals surface area contributed by atoms with Crippen LogP contribution >= 0.6 is 23.1 Å². The molecular weight excluding hydrogens is 375 g/mol. The van der Waals surface area contributed by atoms with E-state index in [0.29, 0.717) is 18.1 Å². The molecule has 1 aromatic carbocycles. The van der Waals surface area contributed by atoms with E-state index in [1.165, 1.54) is 46.5 Å². The number of nitrogens with zero attached hydrogens (tertiary/aromatic N) is 3. The molecule has 0 atom stereocenters. The predicted octanol–water partition coefficient (Wildman–Crippen LogP) is 3.14. The summed E-state index contributed by atoms with van der Waals surface area (Å²) in [7, 11) is 0. The van der Waals surface area contributed by atoms with Crippen molar-refractivity contribution in [2.24, 2.45) is 0 Å². The predicted molar refractivity (Wildman–Crippen MR) is 98.6 cm³/mol. The van der Waals surface area contributed by atoms with Crippen molar-refractivity contribution in [2.45, 2.75) is 5.03 Å². The van der Waals surface area contributed by atoms with Crippen LogP contribution in [0.4, 0.5) is 9.18 Å². The number of carbonyl (C=O) groups excluding carboxylic acids is 2. The summed E-state index contributed by atoms with van der Waals surface area (Å²) in [5.74, 6) is -0.397. The Balaban J connectivity index is 1.56. The first-order chi connectivity index (χ1) is 12.6. The normalized spacial score (nSPS) is 14.0. The Labute approximate surface area is 156 Å². The number of aromatic nitrogens is 2. The molecule has 4 rings (SSSR count). The molecule has 6 nitrogen and oxygen atoms in total. The third kappa shape index (κ3) is 3.27. The summed E-state index contributed by atoms with van der Waals surface area (Å²) in [5.41, 5.74) is 1.67. The lowest BCUT2D eigenvalue weighted by molar-refractivity contribution is -0.124. The van der Waals surface area contributed by atoms with Gasteiger partial charge in [-0.15, -0.1) is 11.3 Å². The Morgan fingerprint density at radius 3 is 2.85 bits per heavy atom. The maximum Gasteiger partial charge on any atom is 0.324 e. The van der Waals surface area contributed by atoms with Crippen LogP contribution < -0.4 is 5.32 Å². The second-order valence-electron chi connectivity index (χ2n) is 5.58. The van der Waals surface area contributed by atoms with Gasteiger partial charge in [-0.05, 0) is 23.8 Å². The number of benzene rings is 1. The summed E-state index contributed by atoms with van der Waals surface area (Å²) >= 11 is 2.78. The lowest BCUT2D eigenvalue weighted by atomic mass is 10.2. The minimum atomic E-state index is -0.349. The summed E-state index contributed by atoms with van der Waals surface area (Å²) in [5, 5.41) is 3.31. The zero-order valence-corrected chi connectivity index (χ0v) is 15.1. The van der Waals surface area contributed by atoms with Crippen LogP contribution in [0.15, 0.2) is 41.7 Å². The van der Waals surface area contributed by atoms with E-state index in [1.54, 1.807) is 12.1 Å². The van der Waals surface area contributed by atoms with Gasteiger partial charge in [0, 0.05) is 18.0 Å². The third-order valence-electron chi connectivity index (χ3n) is 3.90. The number of nitrogens with one attached hydrogen (secondary N) is 1. The van der Waals surface area contributed by atoms with Gasteiger partial charge in [0.25, 0.3) is 0 Å². The van der Waals surface area contributed by atoms with Crippen LogP contribution in [0.5, 0.6) is 0 Å². The van der Waals surface area contributed by atoms with Crippen molar-refractivity contribution in [3.63, 3.8) is 0 Å². The number of amides is 3. The van der Waals surface area contributed by atoms with Crippen LogP contribution in [-0.2, 0) is 4.79 Å². The molecule has 3 heterocycles. The number of carbonyl (C=O) groups is 2. The Bertz CT molecular complexity index is 990. The number of hydrogen-bond acceptors (Lipinski definition) is 6. The average molecular weight is 388 g/mol. The zero-order valence-electron chi connectivity index (χ0n) is 13.4. The number of rotatable bonds is 4. The number of thiophene rings is 1. The highest BCUT2D eigenvalue weighted by Gasteiger charge is 2.26. The van der Waals surface area contributed by atoms with Gasteiger partial charge in [-0.1, -0.05) is 23.9 Å². The molecule has 3 aromatic rings. The monoisotopic (exact) mass is 388 g/mol. The van der Waals surface area contributed by atoms with Crippen molar-refractivity contribution in [2.75, 3.05) is 18.8 Å². The first-order valence-electron chi connectivity index (χ1n) is 7.83. The maximum atomic E-state index is 13.1. The molecule has 1 saturated heterocycles. The van der Waals surface area contributed by atoms with Crippen molar-refractivity contribution in [3.8, 4) is 10.4 Å². The van der Waals surface area contributed by atoms with Gasteiger partial charge < -0.3 is 5.32 Å². The lowest BCUT2D eigenvalue weighted by Gasteiger charge is -2.11. The molecule has 0 unspecified atom stereocenters. The van der Waals surface area contributed by atoms with Crippen LogP contribution in [-0.4, -0.2) is 45.6 Å². The molecule has 26 heavy (non-hydrogen) atoms. The molecule has 0 saturated carbocycles. The highest BCUT2D eigenvalue weighted by Crippen LogP contribution is 2.37. The summed E-state index contributed by atoms with van der Waals surface area (Å²) in [4.78, 5) is 34.5. The third-order valence-corrected chi connectivity index (χ3v) is 6.18. The second-order valence-corrected chi connectivity index (χ2v) is 7.59. The van der Waals surface area contributed by atoms with Gasteiger partial charge in [0.05, 0.1) is 16.0 Å². The quantitative estimate of drug-likeness (QED) is 0.549. The van der Waals surface area contributed by atoms with Crippen LogP contribution in [0.1, 0.15) is 0 Å². The molecule has 3 amide bonds. The minimum absolute atomic E-state index is 0.128. The highest BCUT2D eigenvalue weighted by molar-refractivity contribution is 8.00. The molecule has 0 bridgehead atoms. The van der Waals surface area contributed by atoms with Gasteiger partial charge in [0.15, 0.2) is 0 Å². The average Bonchev–Trinajstić information content (AvgIpc) is 3.26. The van der Waals surface area contributed by atoms with E-state index >= 15 is 0 Å². The molecule has 2 aromatic heterocycles. The van der Waals surface area contributed by atoms with Crippen molar-refractivity contribution >= 4 is 45.3 Å².